The maximum Gasteiger partial charge on any atom is 0.229 e. The number of hydrogen-bond donors (Lipinski definition) is 2. The Morgan fingerprint density at radius 2 is 1.88 bits per heavy atom. The Balaban J connectivity index is 1.85. The van der Waals surface area contributed by atoms with Crippen LogP contribution in [0, 0.1) is 11.3 Å². The van der Waals surface area contributed by atoms with E-state index in [-0.39, 0.29) is 17.9 Å². The molecular weight excluding hydrogens is 422 g/mol. The summed E-state index contributed by atoms with van der Waals surface area (Å²) in [5.74, 6) is 0.178. The first kappa shape index (κ1) is 25.2. The molecule has 1 aromatic carbocycles. The van der Waals surface area contributed by atoms with E-state index in [1.807, 2.05) is 26.8 Å². The van der Waals surface area contributed by atoms with E-state index >= 15 is 0 Å². The second kappa shape index (κ2) is 10.2. The van der Waals surface area contributed by atoms with Gasteiger partial charge in [0.15, 0.2) is 9.84 Å². The fraction of sp³-hybridized carbons (Fsp3) is 0.720. The summed E-state index contributed by atoms with van der Waals surface area (Å²) in [4.78, 5) is 14.7. The molecule has 0 saturated carbocycles. The summed E-state index contributed by atoms with van der Waals surface area (Å²) < 4.78 is 26.0. The summed E-state index contributed by atoms with van der Waals surface area (Å²) in [6.45, 7) is 10.4. The number of sulfone groups is 1. The zero-order valence-electron chi connectivity index (χ0n) is 20.4. The van der Waals surface area contributed by atoms with Crippen LogP contribution >= 0.6 is 0 Å². The number of hydrogen-bond acceptors (Lipinski definition) is 5. The first-order chi connectivity index (χ1) is 15.0. The average Bonchev–Trinajstić information content (AvgIpc) is 2.72. The van der Waals surface area contributed by atoms with E-state index in [0.29, 0.717) is 0 Å². The van der Waals surface area contributed by atoms with E-state index in [4.69, 9.17) is 0 Å². The van der Waals surface area contributed by atoms with Crippen LogP contribution < -0.4 is 10.6 Å². The van der Waals surface area contributed by atoms with Crippen molar-refractivity contribution >= 4 is 21.4 Å². The van der Waals surface area contributed by atoms with E-state index < -0.39 is 20.6 Å². The van der Waals surface area contributed by atoms with E-state index in [1.165, 1.54) is 17.4 Å². The van der Waals surface area contributed by atoms with Gasteiger partial charge >= 0.3 is 0 Å². The molecule has 0 spiro atoms. The molecule has 0 aromatic heterocycles. The van der Waals surface area contributed by atoms with Crippen molar-refractivity contribution < 1.29 is 13.2 Å². The molecule has 180 valence electrons. The summed E-state index contributed by atoms with van der Waals surface area (Å²) in [6.07, 6.45) is 6.90. The molecular formula is C25H41N3O3S. The fourth-order valence-electron chi connectivity index (χ4n) is 5.19. The van der Waals surface area contributed by atoms with E-state index in [0.717, 1.165) is 63.8 Å². The van der Waals surface area contributed by atoms with Gasteiger partial charge in [0.2, 0.25) is 5.91 Å². The quantitative estimate of drug-likeness (QED) is 0.646. The van der Waals surface area contributed by atoms with Crippen LogP contribution in [0.15, 0.2) is 18.2 Å². The normalized spacial score (nSPS) is 21.2. The van der Waals surface area contributed by atoms with Crippen molar-refractivity contribution in [2.45, 2.75) is 77.6 Å². The van der Waals surface area contributed by atoms with Gasteiger partial charge < -0.3 is 10.6 Å². The Bertz CT molecular complexity index is 901. The molecule has 32 heavy (non-hydrogen) atoms. The van der Waals surface area contributed by atoms with Crippen LogP contribution in [0.2, 0.25) is 0 Å². The number of nitrogens with one attached hydrogen (secondary N) is 2. The maximum absolute atomic E-state index is 13.0. The smallest absolute Gasteiger partial charge is 0.229 e. The number of amides is 1. The molecule has 2 atom stereocenters. The molecule has 1 aliphatic carbocycles. The number of fused-ring (bicyclic) bond motifs is 1. The standard InChI is InChI=1S/C25H41N3O3S/c1-6-15-28(23(32(5,30)31)19-11-13-26-14-12-19)22-10-8-18-7-9-21(16-20(18)17-22)27-24(29)25(2,3)4/h7,9,16,19,22-23,26H,6,8,10-15,17H2,1-5H3,(H,27,29). The molecule has 1 aliphatic heterocycles. The van der Waals surface area contributed by atoms with Gasteiger partial charge in [-0.15, -0.1) is 0 Å². The number of rotatable bonds is 7. The molecule has 7 heteroatoms. The van der Waals surface area contributed by atoms with Gasteiger partial charge in [0.1, 0.15) is 5.37 Å². The van der Waals surface area contributed by atoms with Gasteiger partial charge in [0.25, 0.3) is 0 Å². The number of nitrogens with zero attached hydrogens (tertiary/aromatic N) is 1. The first-order valence-corrected chi connectivity index (χ1v) is 14.0. The number of carbonyl (C=O) groups excluding carboxylic acids is 1. The molecule has 1 amide bonds. The monoisotopic (exact) mass is 463 g/mol. The van der Waals surface area contributed by atoms with Gasteiger partial charge in [0.05, 0.1) is 0 Å². The highest BCUT2D eigenvalue weighted by Gasteiger charge is 2.39. The van der Waals surface area contributed by atoms with Gasteiger partial charge in [-0.2, -0.15) is 0 Å². The molecule has 1 aromatic rings. The minimum atomic E-state index is -3.21. The van der Waals surface area contributed by atoms with Crippen molar-refractivity contribution in [1.29, 1.82) is 0 Å². The molecule has 2 unspecified atom stereocenters. The van der Waals surface area contributed by atoms with Crippen molar-refractivity contribution in [3.63, 3.8) is 0 Å². The number of carbonyl (C=O) groups is 1. The van der Waals surface area contributed by atoms with Crippen molar-refractivity contribution in [2.75, 3.05) is 31.2 Å². The SMILES string of the molecule is CCCN(C1CCc2ccc(NC(=O)C(C)(C)C)cc2C1)C(C1CCNCC1)S(C)(=O)=O. The predicted molar refractivity (Wildman–Crippen MR) is 132 cm³/mol. The molecule has 2 N–H and O–H groups in total. The van der Waals surface area contributed by atoms with Gasteiger partial charge in [-0.1, -0.05) is 33.8 Å². The molecule has 1 saturated heterocycles. The zero-order valence-corrected chi connectivity index (χ0v) is 21.2. The Hall–Kier alpha value is -1.44. The average molecular weight is 464 g/mol. The Labute approximate surface area is 194 Å². The first-order valence-electron chi connectivity index (χ1n) is 12.1. The number of anilines is 1. The molecule has 0 bridgehead atoms. The van der Waals surface area contributed by atoms with Gasteiger partial charge in [-0.05, 0) is 87.3 Å². The van der Waals surface area contributed by atoms with Crippen molar-refractivity contribution in [2.24, 2.45) is 11.3 Å². The minimum absolute atomic E-state index is 0.000433. The highest BCUT2D eigenvalue weighted by atomic mass is 32.2. The number of piperidine rings is 1. The maximum atomic E-state index is 13.0. The Kier molecular flexibility index (Phi) is 8.05. The van der Waals surface area contributed by atoms with Crippen LogP contribution in [0.5, 0.6) is 0 Å². The van der Waals surface area contributed by atoms with Crippen molar-refractivity contribution in [3.05, 3.63) is 29.3 Å². The van der Waals surface area contributed by atoms with Gasteiger partial charge in [-0.25, -0.2) is 8.42 Å². The molecule has 0 radical (unpaired) electrons. The third-order valence-corrected chi connectivity index (χ3v) is 8.38. The second-order valence-electron chi connectivity index (χ2n) is 10.6. The highest BCUT2D eigenvalue weighted by molar-refractivity contribution is 7.91. The summed E-state index contributed by atoms with van der Waals surface area (Å²) in [7, 11) is -3.21. The summed E-state index contributed by atoms with van der Waals surface area (Å²) in [6, 6.07) is 6.40. The van der Waals surface area contributed by atoms with Crippen LogP contribution in [0.4, 0.5) is 5.69 Å². The van der Waals surface area contributed by atoms with Crippen LogP contribution in [0.3, 0.4) is 0 Å². The van der Waals surface area contributed by atoms with Crippen molar-refractivity contribution in [3.8, 4) is 0 Å². The molecule has 6 nitrogen and oxygen atoms in total. The van der Waals surface area contributed by atoms with Crippen LogP contribution in [-0.4, -0.2) is 56.5 Å². The lowest BCUT2D eigenvalue weighted by Gasteiger charge is -2.43. The lowest BCUT2D eigenvalue weighted by molar-refractivity contribution is -0.123. The van der Waals surface area contributed by atoms with Crippen LogP contribution in [0.1, 0.15) is 64.5 Å². The van der Waals surface area contributed by atoms with E-state index in [2.05, 4.69) is 34.6 Å². The topological polar surface area (TPSA) is 78.5 Å². The van der Waals surface area contributed by atoms with Gasteiger partial charge in [-0.3, -0.25) is 9.69 Å². The molecule has 3 rings (SSSR count). The predicted octanol–water partition coefficient (Wildman–Crippen LogP) is 3.61. The summed E-state index contributed by atoms with van der Waals surface area (Å²) in [5, 5.41) is 6.00. The van der Waals surface area contributed by atoms with Crippen LogP contribution in [-0.2, 0) is 27.5 Å². The zero-order chi connectivity index (χ0) is 23.5. The molecule has 1 heterocycles. The van der Waals surface area contributed by atoms with E-state index in [1.54, 1.807) is 0 Å². The fourth-order valence-corrected chi connectivity index (χ4v) is 6.93. The lowest BCUT2D eigenvalue weighted by atomic mass is 9.86. The summed E-state index contributed by atoms with van der Waals surface area (Å²) in [5.41, 5.74) is 2.91. The Morgan fingerprint density at radius 3 is 2.47 bits per heavy atom. The van der Waals surface area contributed by atoms with Crippen LogP contribution in [0.25, 0.3) is 0 Å². The Morgan fingerprint density at radius 1 is 1.19 bits per heavy atom. The second-order valence-corrected chi connectivity index (χ2v) is 12.8. The highest BCUT2D eigenvalue weighted by Crippen LogP contribution is 2.33. The number of aryl methyl sites for hydroxylation is 1. The third-order valence-electron chi connectivity index (χ3n) is 6.85. The van der Waals surface area contributed by atoms with Crippen molar-refractivity contribution in [1.82, 2.24) is 10.2 Å². The van der Waals surface area contributed by atoms with E-state index in [9.17, 15) is 13.2 Å². The van der Waals surface area contributed by atoms with Gasteiger partial charge in [0, 0.05) is 23.4 Å². The molecule has 1 fully saturated rings. The largest absolute Gasteiger partial charge is 0.326 e. The third kappa shape index (κ3) is 6.12. The number of benzene rings is 1. The minimum Gasteiger partial charge on any atom is -0.326 e. The summed E-state index contributed by atoms with van der Waals surface area (Å²) >= 11 is 0. The lowest BCUT2D eigenvalue weighted by Crippen LogP contribution is -2.54. The molecule has 2 aliphatic rings.